The maximum Gasteiger partial charge on any atom is 0.191 e. The molecule has 0 radical (unpaired) electrons. The fourth-order valence-electron chi connectivity index (χ4n) is 3.69. The summed E-state index contributed by atoms with van der Waals surface area (Å²) in [5.74, 6) is 3.83. The number of aliphatic imine (C=N–C) groups is 1. The molecular formula is C24H34N4O3. The zero-order chi connectivity index (χ0) is 22.1. The molecule has 2 aromatic carbocycles. The first-order valence-electron chi connectivity index (χ1n) is 10.8. The van der Waals surface area contributed by atoms with Crippen molar-refractivity contribution < 1.29 is 14.2 Å². The largest absolute Gasteiger partial charge is 0.497 e. The van der Waals surface area contributed by atoms with Gasteiger partial charge in [0, 0.05) is 44.5 Å². The van der Waals surface area contributed by atoms with E-state index in [4.69, 9.17) is 14.2 Å². The molecule has 31 heavy (non-hydrogen) atoms. The maximum absolute atomic E-state index is 5.97. The van der Waals surface area contributed by atoms with Gasteiger partial charge in [0.2, 0.25) is 0 Å². The van der Waals surface area contributed by atoms with Gasteiger partial charge in [0.25, 0.3) is 0 Å². The predicted molar refractivity (Wildman–Crippen MR) is 126 cm³/mol. The van der Waals surface area contributed by atoms with Crippen molar-refractivity contribution in [1.29, 1.82) is 0 Å². The number of nitrogens with one attached hydrogen (secondary N) is 2. The summed E-state index contributed by atoms with van der Waals surface area (Å²) in [6, 6.07) is 15.9. The average Bonchev–Trinajstić information content (AvgIpc) is 3.28. The second-order valence-electron chi connectivity index (χ2n) is 7.74. The van der Waals surface area contributed by atoms with Crippen molar-refractivity contribution in [2.45, 2.75) is 19.4 Å². The Balaban J connectivity index is 1.41. The van der Waals surface area contributed by atoms with Gasteiger partial charge in [-0.3, -0.25) is 4.99 Å². The van der Waals surface area contributed by atoms with Gasteiger partial charge in [0.15, 0.2) is 5.96 Å². The molecule has 1 heterocycles. The van der Waals surface area contributed by atoms with Crippen molar-refractivity contribution in [2.75, 3.05) is 52.3 Å². The van der Waals surface area contributed by atoms with Crippen molar-refractivity contribution in [3.63, 3.8) is 0 Å². The van der Waals surface area contributed by atoms with Crippen LogP contribution in [0.2, 0.25) is 0 Å². The van der Waals surface area contributed by atoms with Crippen LogP contribution in [0.25, 0.3) is 0 Å². The van der Waals surface area contributed by atoms with Crippen molar-refractivity contribution in [3.8, 4) is 17.2 Å². The zero-order valence-electron chi connectivity index (χ0n) is 18.9. The first-order valence-corrected chi connectivity index (χ1v) is 10.8. The summed E-state index contributed by atoms with van der Waals surface area (Å²) in [5.41, 5.74) is 1.22. The van der Waals surface area contributed by atoms with E-state index < -0.39 is 0 Å². The van der Waals surface area contributed by atoms with Gasteiger partial charge in [-0.25, -0.2) is 0 Å². The molecule has 0 spiro atoms. The fourth-order valence-corrected chi connectivity index (χ4v) is 3.69. The van der Waals surface area contributed by atoms with Crippen LogP contribution in [0.5, 0.6) is 17.2 Å². The Morgan fingerprint density at radius 3 is 2.52 bits per heavy atom. The van der Waals surface area contributed by atoms with E-state index in [2.05, 4.69) is 32.7 Å². The number of hydrogen-bond donors (Lipinski definition) is 2. The molecule has 1 aliphatic rings. The van der Waals surface area contributed by atoms with E-state index in [1.54, 1.807) is 21.3 Å². The maximum atomic E-state index is 5.97. The lowest BCUT2D eigenvalue weighted by Gasteiger charge is -2.21. The minimum absolute atomic E-state index is 0.0133. The molecule has 3 rings (SSSR count). The zero-order valence-corrected chi connectivity index (χ0v) is 18.9. The second kappa shape index (κ2) is 11.3. The van der Waals surface area contributed by atoms with Gasteiger partial charge in [0.05, 0.1) is 20.8 Å². The fraction of sp³-hybridized carbons (Fsp3) is 0.458. The van der Waals surface area contributed by atoms with Crippen molar-refractivity contribution >= 4 is 11.6 Å². The third-order valence-corrected chi connectivity index (χ3v) is 5.42. The van der Waals surface area contributed by atoms with Crippen molar-refractivity contribution in [1.82, 2.24) is 10.6 Å². The summed E-state index contributed by atoms with van der Waals surface area (Å²) >= 11 is 0. The molecule has 1 fully saturated rings. The highest BCUT2D eigenvalue weighted by atomic mass is 16.5. The lowest BCUT2D eigenvalue weighted by molar-refractivity contribution is 0.223. The number of hydrogen-bond acceptors (Lipinski definition) is 5. The van der Waals surface area contributed by atoms with Gasteiger partial charge < -0.3 is 29.7 Å². The molecule has 0 saturated carbocycles. The normalized spacial score (nSPS) is 17.2. The quantitative estimate of drug-likeness (QED) is 0.474. The summed E-state index contributed by atoms with van der Waals surface area (Å²) in [4.78, 5) is 6.76. The summed E-state index contributed by atoms with van der Waals surface area (Å²) in [7, 11) is 5.15. The van der Waals surface area contributed by atoms with Crippen LogP contribution in [0.1, 0.15) is 13.3 Å². The summed E-state index contributed by atoms with van der Waals surface area (Å²) < 4.78 is 16.6. The number of ether oxygens (including phenoxy) is 3. The van der Waals surface area contributed by atoms with Crippen LogP contribution < -0.4 is 29.7 Å². The van der Waals surface area contributed by atoms with Crippen LogP contribution in [0.15, 0.2) is 53.5 Å². The highest BCUT2D eigenvalue weighted by molar-refractivity contribution is 5.79. The van der Waals surface area contributed by atoms with Gasteiger partial charge in [-0.2, -0.15) is 0 Å². The third-order valence-electron chi connectivity index (χ3n) is 5.42. The molecule has 0 aromatic heterocycles. The van der Waals surface area contributed by atoms with E-state index in [0.29, 0.717) is 12.5 Å². The average molecular weight is 427 g/mol. The van der Waals surface area contributed by atoms with Gasteiger partial charge in [-0.1, -0.05) is 12.1 Å². The van der Waals surface area contributed by atoms with E-state index in [1.807, 2.05) is 43.3 Å². The number of nitrogens with zero attached hydrogens (tertiary/aromatic N) is 2. The number of benzene rings is 2. The molecule has 0 aliphatic carbocycles. The molecular weight excluding hydrogens is 392 g/mol. The Morgan fingerprint density at radius 1 is 1.06 bits per heavy atom. The smallest absolute Gasteiger partial charge is 0.191 e. The molecule has 7 nitrogen and oxygen atoms in total. The molecule has 168 valence electrons. The number of anilines is 1. The highest BCUT2D eigenvalue weighted by Crippen LogP contribution is 2.26. The molecule has 2 N–H and O–H groups in total. The summed E-state index contributed by atoms with van der Waals surface area (Å²) in [6.45, 7) is 5.63. The van der Waals surface area contributed by atoms with E-state index >= 15 is 0 Å². The number of methoxy groups -OCH3 is 2. The van der Waals surface area contributed by atoms with Crippen LogP contribution >= 0.6 is 0 Å². The Hall–Kier alpha value is -3.09. The summed E-state index contributed by atoms with van der Waals surface area (Å²) in [6.07, 6.45) is 1.14. The molecule has 2 aromatic rings. The second-order valence-corrected chi connectivity index (χ2v) is 7.74. The predicted octanol–water partition coefficient (Wildman–Crippen LogP) is 3.16. The van der Waals surface area contributed by atoms with E-state index in [-0.39, 0.29) is 6.10 Å². The molecule has 7 heteroatoms. The molecule has 0 amide bonds. The number of rotatable bonds is 9. The lowest BCUT2D eigenvalue weighted by Crippen LogP contribution is -2.43. The van der Waals surface area contributed by atoms with E-state index in [1.165, 1.54) is 5.69 Å². The topological polar surface area (TPSA) is 67.4 Å². The Morgan fingerprint density at radius 2 is 1.77 bits per heavy atom. The van der Waals surface area contributed by atoms with Crippen LogP contribution in [0, 0.1) is 5.92 Å². The van der Waals surface area contributed by atoms with Gasteiger partial charge in [-0.15, -0.1) is 0 Å². The molecule has 1 saturated heterocycles. The molecule has 2 unspecified atom stereocenters. The van der Waals surface area contributed by atoms with Crippen LogP contribution in [-0.2, 0) is 0 Å². The third kappa shape index (κ3) is 6.70. The van der Waals surface area contributed by atoms with E-state index in [0.717, 1.165) is 49.3 Å². The first-order chi connectivity index (χ1) is 15.1. The van der Waals surface area contributed by atoms with Crippen molar-refractivity contribution in [2.24, 2.45) is 10.9 Å². The lowest BCUT2D eigenvalue weighted by atomic mass is 10.1. The monoisotopic (exact) mass is 426 g/mol. The minimum Gasteiger partial charge on any atom is -0.497 e. The highest BCUT2D eigenvalue weighted by Gasteiger charge is 2.23. The van der Waals surface area contributed by atoms with Crippen LogP contribution in [0.4, 0.5) is 5.69 Å². The molecule has 0 bridgehead atoms. The number of guanidine groups is 1. The van der Waals surface area contributed by atoms with Gasteiger partial charge in [-0.05, 0) is 43.5 Å². The first kappa shape index (κ1) is 22.6. The summed E-state index contributed by atoms with van der Waals surface area (Å²) in [5, 5.41) is 6.81. The standard InChI is InChI=1S/C24H34N4O3/c1-18(31-23-10-6-9-22(14-23)30-4)15-26-24(25-2)27-16-19-11-12-28(17-19)20-7-5-8-21(13-20)29-3/h5-10,13-14,18-19H,11-12,15-17H2,1-4H3,(H2,25,26,27). The van der Waals surface area contributed by atoms with Gasteiger partial charge >= 0.3 is 0 Å². The Bertz CT molecular complexity index is 858. The minimum atomic E-state index is -0.0133. The van der Waals surface area contributed by atoms with E-state index in [9.17, 15) is 0 Å². The molecule has 1 aliphatic heterocycles. The SMILES string of the molecule is CN=C(NCC1CCN(c2cccc(OC)c2)C1)NCC(C)Oc1cccc(OC)c1. The van der Waals surface area contributed by atoms with Crippen LogP contribution in [0.3, 0.4) is 0 Å². The Labute approximate surface area is 185 Å². The van der Waals surface area contributed by atoms with Crippen LogP contribution in [-0.4, -0.2) is 59.5 Å². The Kier molecular flexibility index (Phi) is 8.27. The van der Waals surface area contributed by atoms with Gasteiger partial charge in [0.1, 0.15) is 23.4 Å². The molecule has 2 atom stereocenters. The van der Waals surface area contributed by atoms with Crippen molar-refractivity contribution in [3.05, 3.63) is 48.5 Å².